The van der Waals surface area contributed by atoms with Crippen molar-refractivity contribution >= 4 is 39.8 Å². The lowest BCUT2D eigenvalue weighted by Crippen LogP contribution is -2.44. The Balaban J connectivity index is 2.04. The normalized spacial score (nSPS) is 15.4. The van der Waals surface area contributed by atoms with Crippen LogP contribution in [0.4, 0.5) is 0 Å². The molecule has 170 valence electrons. The van der Waals surface area contributed by atoms with Crippen LogP contribution in [0.2, 0.25) is 0 Å². The van der Waals surface area contributed by atoms with Gasteiger partial charge in [0.25, 0.3) is 11.8 Å². The lowest BCUT2D eigenvalue weighted by atomic mass is 9.95. The standard InChI is InChI=1S/C24H21BrN2O6/c1-13(2)32-24(31)19-10-15(25)4-6-17(19)21-7-5-16(33-21)11-18-14(3)20(12-26)23(30)27(8-9-28)22(18)29/h4-7,10-11,13,28H,8-9H2,1-3H3/b18-11+. The molecular weight excluding hydrogens is 492 g/mol. The van der Waals surface area contributed by atoms with Crippen LogP contribution in [-0.4, -0.2) is 47.0 Å². The Morgan fingerprint density at radius 3 is 2.64 bits per heavy atom. The van der Waals surface area contributed by atoms with E-state index < -0.39 is 24.4 Å². The van der Waals surface area contributed by atoms with Crippen molar-refractivity contribution in [3.8, 4) is 17.4 Å². The van der Waals surface area contributed by atoms with Gasteiger partial charge in [-0.15, -0.1) is 0 Å². The fourth-order valence-electron chi connectivity index (χ4n) is 3.33. The molecule has 0 saturated heterocycles. The summed E-state index contributed by atoms with van der Waals surface area (Å²) in [5.41, 5.74) is 0.974. The number of aliphatic hydroxyl groups excluding tert-OH is 1. The second-order valence-electron chi connectivity index (χ2n) is 7.50. The molecule has 2 heterocycles. The molecule has 0 bridgehead atoms. The summed E-state index contributed by atoms with van der Waals surface area (Å²) >= 11 is 3.36. The molecule has 2 amide bonds. The summed E-state index contributed by atoms with van der Waals surface area (Å²) < 4.78 is 11.9. The molecule has 33 heavy (non-hydrogen) atoms. The Kier molecular flexibility index (Phi) is 7.31. The van der Waals surface area contributed by atoms with Gasteiger partial charge in [-0.2, -0.15) is 5.26 Å². The van der Waals surface area contributed by atoms with Crippen LogP contribution in [0.1, 0.15) is 36.9 Å². The van der Waals surface area contributed by atoms with Gasteiger partial charge in [0.05, 0.1) is 24.8 Å². The monoisotopic (exact) mass is 512 g/mol. The van der Waals surface area contributed by atoms with E-state index >= 15 is 0 Å². The molecule has 0 fully saturated rings. The molecule has 8 nitrogen and oxygen atoms in total. The summed E-state index contributed by atoms with van der Waals surface area (Å²) in [6.45, 7) is 4.37. The maximum absolute atomic E-state index is 12.8. The number of nitrogens with zero attached hydrogens (tertiary/aromatic N) is 2. The van der Waals surface area contributed by atoms with Crippen LogP contribution in [-0.2, 0) is 14.3 Å². The third kappa shape index (κ3) is 4.97. The lowest BCUT2D eigenvalue weighted by molar-refractivity contribution is -0.141. The fraction of sp³-hybridized carbons (Fsp3) is 0.250. The smallest absolute Gasteiger partial charge is 0.339 e. The minimum atomic E-state index is -0.741. The molecule has 0 atom stereocenters. The van der Waals surface area contributed by atoms with Gasteiger partial charge in [0, 0.05) is 15.6 Å². The Labute approximate surface area is 198 Å². The highest BCUT2D eigenvalue weighted by Gasteiger charge is 2.35. The van der Waals surface area contributed by atoms with E-state index in [2.05, 4.69) is 15.9 Å². The van der Waals surface area contributed by atoms with Crippen LogP contribution < -0.4 is 0 Å². The largest absolute Gasteiger partial charge is 0.459 e. The predicted octanol–water partition coefficient (Wildman–Crippen LogP) is 3.86. The maximum Gasteiger partial charge on any atom is 0.339 e. The molecule has 0 aliphatic carbocycles. The van der Waals surface area contributed by atoms with E-state index in [-0.39, 0.29) is 35.1 Å². The summed E-state index contributed by atoms with van der Waals surface area (Å²) in [6, 6.07) is 10.2. The van der Waals surface area contributed by atoms with E-state index in [4.69, 9.17) is 9.15 Å². The van der Waals surface area contributed by atoms with Crippen LogP contribution in [0.3, 0.4) is 0 Å². The summed E-state index contributed by atoms with van der Waals surface area (Å²) in [4.78, 5) is 38.6. The molecule has 0 spiro atoms. The number of benzene rings is 1. The highest BCUT2D eigenvalue weighted by atomic mass is 79.9. The number of furan rings is 1. The minimum absolute atomic E-state index is 0.107. The number of rotatable bonds is 6. The number of nitriles is 1. The van der Waals surface area contributed by atoms with Gasteiger partial charge in [0.1, 0.15) is 23.2 Å². The second kappa shape index (κ2) is 9.98. The van der Waals surface area contributed by atoms with Crippen LogP contribution >= 0.6 is 15.9 Å². The van der Waals surface area contributed by atoms with Gasteiger partial charge in [0.2, 0.25) is 0 Å². The van der Waals surface area contributed by atoms with Gasteiger partial charge in [-0.25, -0.2) is 4.79 Å². The molecule has 1 aliphatic heterocycles. The van der Waals surface area contributed by atoms with Crippen molar-refractivity contribution in [1.82, 2.24) is 4.90 Å². The predicted molar refractivity (Wildman–Crippen MR) is 122 cm³/mol. The molecule has 2 aromatic rings. The first-order chi connectivity index (χ1) is 15.7. The van der Waals surface area contributed by atoms with Crippen LogP contribution in [0.25, 0.3) is 17.4 Å². The number of amides is 2. The SMILES string of the molecule is CC1=C(C#N)C(=O)N(CCO)C(=O)/C1=C/c1ccc(-c2ccc(Br)cc2C(=O)OC(C)C)o1. The van der Waals surface area contributed by atoms with Gasteiger partial charge in [-0.3, -0.25) is 14.5 Å². The van der Waals surface area contributed by atoms with E-state index in [1.807, 2.05) is 6.07 Å². The summed E-state index contributed by atoms with van der Waals surface area (Å²) in [7, 11) is 0. The second-order valence-corrected chi connectivity index (χ2v) is 8.42. The highest BCUT2D eigenvalue weighted by Crippen LogP contribution is 2.32. The van der Waals surface area contributed by atoms with Crippen molar-refractivity contribution in [2.24, 2.45) is 0 Å². The van der Waals surface area contributed by atoms with Crippen molar-refractivity contribution in [1.29, 1.82) is 5.26 Å². The first-order valence-corrected chi connectivity index (χ1v) is 10.9. The summed E-state index contributed by atoms with van der Waals surface area (Å²) in [5, 5.41) is 18.6. The zero-order valence-corrected chi connectivity index (χ0v) is 19.8. The van der Waals surface area contributed by atoms with E-state index in [1.165, 1.54) is 13.0 Å². The van der Waals surface area contributed by atoms with Crippen molar-refractivity contribution in [3.63, 3.8) is 0 Å². The molecule has 1 N–H and O–H groups in total. The van der Waals surface area contributed by atoms with Crippen LogP contribution in [0.15, 0.2) is 55.9 Å². The molecular formula is C24H21BrN2O6. The third-order valence-corrected chi connectivity index (χ3v) is 5.37. The molecule has 1 aliphatic rings. The Morgan fingerprint density at radius 1 is 1.27 bits per heavy atom. The number of esters is 1. The zero-order chi connectivity index (χ0) is 24.3. The van der Waals surface area contributed by atoms with E-state index in [1.54, 1.807) is 44.2 Å². The molecule has 0 saturated carbocycles. The van der Waals surface area contributed by atoms with Crippen molar-refractivity contribution in [2.75, 3.05) is 13.2 Å². The number of carbonyl (C=O) groups is 3. The van der Waals surface area contributed by atoms with Gasteiger partial charge < -0.3 is 14.3 Å². The average molecular weight is 513 g/mol. The number of imide groups is 1. The molecule has 0 unspecified atom stereocenters. The number of aliphatic hydroxyl groups is 1. The minimum Gasteiger partial charge on any atom is -0.459 e. The van der Waals surface area contributed by atoms with Crippen molar-refractivity contribution in [3.05, 3.63) is 62.8 Å². The first kappa shape index (κ1) is 24.2. The number of hydrogen-bond acceptors (Lipinski definition) is 7. The van der Waals surface area contributed by atoms with Gasteiger partial charge in [-0.05, 0) is 62.8 Å². The third-order valence-electron chi connectivity index (χ3n) is 4.87. The molecule has 0 radical (unpaired) electrons. The highest BCUT2D eigenvalue weighted by molar-refractivity contribution is 9.10. The number of halogens is 1. The molecule has 1 aromatic carbocycles. The topological polar surface area (TPSA) is 121 Å². The average Bonchev–Trinajstić information content (AvgIpc) is 3.22. The quantitative estimate of drug-likeness (QED) is 0.354. The van der Waals surface area contributed by atoms with E-state index in [0.29, 0.717) is 21.4 Å². The Morgan fingerprint density at radius 2 is 2.00 bits per heavy atom. The molecule has 1 aromatic heterocycles. The van der Waals surface area contributed by atoms with Gasteiger partial charge >= 0.3 is 5.97 Å². The summed E-state index contributed by atoms with van der Waals surface area (Å²) in [6.07, 6.45) is 1.13. The molecule has 9 heteroatoms. The molecule has 3 rings (SSSR count). The number of hydrogen-bond donors (Lipinski definition) is 1. The lowest BCUT2D eigenvalue weighted by Gasteiger charge is -2.26. The number of carbonyl (C=O) groups excluding carboxylic acids is 3. The van der Waals surface area contributed by atoms with Crippen LogP contribution in [0, 0.1) is 11.3 Å². The zero-order valence-electron chi connectivity index (χ0n) is 18.2. The first-order valence-electron chi connectivity index (χ1n) is 10.1. The van der Waals surface area contributed by atoms with Crippen molar-refractivity contribution < 1.29 is 28.6 Å². The summed E-state index contributed by atoms with van der Waals surface area (Å²) in [5.74, 6) is -1.22. The van der Waals surface area contributed by atoms with E-state index in [9.17, 15) is 24.8 Å². The van der Waals surface area contributed by atoms with Gasteiger partial charge in [0.15, 0.2) is 0 Å². The van der Waals surface area contributed by atoms with Crippen molar-refractivity contribution in [2.45, 2.75) is 26.9 Å². The maximum atomic E-state index is 12.8. The Bertz CT molecular complexity index is 1230. The van der Waals surface area contributed by atoms with E-state index in [0.717, 1.165) is 4.90 Å². The number of β-amino-alcohol motifs (C(OH)–C–C–N with tert-alkyl or cyclic N) is 1. The fourth-order valence-corrected chi connectivity index (χ4v) is 3.69. The van der Waals surface area contributed by atoms with Crippen LogP contribution in [0.5, 0.6) is 0 Å². The Hall–Kier alpha value is -3.48. The van der Waals surface area contributed by atoms with Gasteiger partial charge in [-0.1, -0.05) is 15.9 Å². The number of ether oxygens (including phenoxy) is 1.